The summed E-state index contributed by atoms with van der Waals surface area (Å²) in [7, 11) is 0. The number of aromatic nitrogens is 1. The molecule has 1 aromatic heterocycles. The van der Waals surface area contributed by atoms with E-state index in [1.807, 2.05) is 0 Å². The summed E-state index contributed by atoms with van der Waals surface area (Å²) in [4.78, 5) is 0. The number of allylic oxidation sites excluding steroid dienone is 7. The van der Waals surface area contributed by atoms with Crippen LogP contribution in [0.5, 0.6) is 5.75 Å². The molecule has 49 heavy (non-hydrogen) atoms. The van der Waals surface area contributed by atoms with Crippen LogP contribution in [0, 0.1) is 6.92 Å². The normalized spacial score (nSPS) is 14.8. The Hall–Kier alpha value is -5.08. The van der Waals surface area contributed by atoms with Crippen molar-refractivity contribution < 1.29 is 4.74 Å². The maximum absolute atomic E-state index is 6.04. The topological polar surface area (TPSA) is 14.2 Å². The molecule has 0 saturated heterocycles. The van der Waals surface area contributed by atoms with Crippen molar-refractivity contribution >= 4 is 49.7 Å². The Morgan fingerprint density at radius 2 is 1.49 bits per heavy atom. The Balaban J connectivity index is 1.32. The first-order valence-corrected chi connectivity index (χ1v) is 18.1. The maximum atomic E-state index is 6.04. The fourth-order valence-electron chi connectivity index (χ4n) is 7.52. The van der Waals surface area contributed by atoms with Crippen LogP contribution >= 0.6 is 0 Å². The summed E-state index contributed by atoms with van der Waals surface area (Å²) in [6.07, 6.45) is 15.8. The standard InChI is InChI=1S/C47H47NO/c1-5-7-31-48-43(42-19-11-16-36-17-12-20-44(48)47(36)42)30-27-38-24-23-37(46(38)39-25-28-40(29-26-39)49-32-8-6-2)22-21-33(3)41-18-10-15-35-14-9-13-34(4)45(35)41/h9-22,25-30H,3,5-8,23-24,31-32H2,1-2,4H3/b22-21+,38-27+,43-30+. The second-order valence-corrected chi connectivity index (χ2v) is 13.4. The van der Waals surface area contributed by atoms with Gasteiger partial charge in [-0.3, -0.25) is 0 Å². The van der Waals surface area contributed by atoms with Crippen molar-refractivity contribution in [3.63, 3.8) is 0 Å². The summed E-state index contributed by atoms with van der Waals surface area (Å²) in [5, 5.41) is 7.86. The molecular formula is C47H47NO. The minimum Gasteiger partial charge on any atom is -0.494 e. The molecule has 1 aliphatic carbocycles. The van der Waals surface area contributed by atoms with Gasteiger partial charge in [0.25, 0.3) is 0 Å². The van der Waals surface area contributed by atoms with E-state index < -0.39 is 0 Å². The van der Waals surface area contributed by atoms with Gasteiger partial charge in [-0.1, -0.05) is 130 Å². The number of fused-ring (bicyclic) bond motifs is 1. The van der Waals surface area contributed by atoms with Crippen LogP contribution < -0.4 is 10.1 Å². The second-order valence-electron chi connectivity index (χ2n) is 13.4. The van der Waals surface area contributed by atoms with Crippen LogP contribution in [0.3, 0.4) is 0 Å². The van der Waals surface area contributed by atoms with Gasteiger partial charge in [0.05, 0.1) is 6.61 Å². The molecule has 6 aromatic rings. The highest BCUT2D eigenvalue weighted by atomic mass is 16.5. The van der Waals surface area contributed by atoms with Gasteiger partial charge in [0, 0.05) is 28.2 Å². The number of benzene rings is 5. The van der Waals surface area contributed by atoms with E-state index in [0.717, 1.165) is 56.6 Å². The van der Waals surface area contributed by atoms with Gasteiger partial charge in [-0.2, -0.15) is 0 Å². The molecule has 0 unspecified atom stereocenters. The molecule has 0 N–H and O–H groups in total. The average molecular weight is 642 g/mol. The van der Waals surface area contributed by atoms with Gasteiger partial charge in [-0.15, -0.1) is 0 Å². The molecule has 1 heterocycles. The minimum absolute atomic E-state index is 0.755. The molecule has 0 amide bonds. The van der Waals surface area contributed by atoms with E-state index in [2.05, 4.69) is 153 Å². The van der Waals surface area contributed by atoms with Crippen molar-refractivity contribution in [2.75, 3.05) is 6.61 Å². The molecule has 0 radical (unpaired) electrons. The van der Waals surface area contributed by atoms with Crippen molar-refractivity contribution in [2.24, 2.45) is 0 Å². The van der Waals surface area contributed by atoms with E-state index in [1.165, 1.54) is 77.6 Å². The van der Waals surface area contributed by atoms with Crippen molar-refractivity contribution in [1.29, 1.82) is 0 Å². The van der Waals surface area contributed by atoms with Crippen LogP contribution in [0.4, 0.5) is 0 Å². The van der Waals surface area contributed by atoms with Crippen LogP contribution in [0.15, 0.2) is 133 Å². The number of hydrogen-bond donors (Lipinski definition) is 0. The summed E-state index contributed by atoms with van der Waals surface area (Å²) in [5.41, 5.74) is 10.1. The summed E-state index contributed by atoms with van der Waals surface area (Å²) in [5.74, 6) is 0.934. The van der Waals surface area contributed by atoms with Gasteiger partial charge in [0.15, 0.2) is 0 Å². The third-order valence-electron chi connectivity index (χ3n) is 10.1. The van der Waals surface area contributed by atoms with E-state index >= 15 is 0 Å². The monoisotopic (exact) mass is 641 g/mol. The number of rotatable bonds is 12. The smallest absolute Gasteiger partial charge is 0.119 e. The lowest BCUT2D eigenvalue weighted by molar-refractivity contribution is 0.309. The third kappa shape index (κ3) is 6.53. The van der Waals surface area contributed by atoms with Gasteiger partial charge in [-0.25, -0.2) is 0 Å². The van der Waals surface area contributed by atoms with E-state index in [-0.39, 0.29) is 0 Å². The van der Waals surface area contributed by atoms with Crippen molar-refractivity contribution in [3.05, 3.63) is 155 Å². The van der Waals surface area contributed by atoms with Crippen LogP contribution in [0.25, 0.3) is 49.7 Å². The first-order chi connectivity index (χ1) is 24.1. The van der Waals surface area contributed by atoms with Gasteiger partial charge >= 0.3 is 0 Å². The maximum Gasteiger partial charge on any atom is 0.119 e. The molecule has 5 aromatic carbocycles. The first-order valence-electron chi connectivity index (χ1n) is 18.1. The van der Waals surface area contributed by atoms with Crippen molar-refractivity contribution in [2.45, 2.75) is 65.8 Å². The van der Waals surface area contributed by atoms with Crippen molar-refractivity contribution in [3.8, 4) is 5.75 Å². The molecule has 0 saturated carbocycles. The Morgan fingerprint density at radius 1 is 0.776 bits per heavy atom. The number of nitrogens with zero attached hydrogens (tertiary/aromatic N) is 1. The van der Waals surface area contributed by atoms with Crippen LogP contribution in [0.2, 0.25) is 0 Å². The lowest BCUT2D eigenvalue weighted by Crippen LogP contribution is -2.16. The zero-order chi connectivity index (χ0) is 33.7. The molecular weight excluding hydrogens is 595 g/mol. The highest BCUT2D eigenvalue weighted by molar-refractivity contribution is 6.10. The van der Waals surface area contributed by atoms with Gasteiger partial charge in [0.2, 0.25) is 0 Å². The number of aryl methyl sites for hydroxylation is 2. The molecule has 2 nitrogen and oxygen atoms in total. The Kier molecular flexibility index (Phi) is 9.66. The van der Waals surface area contributed by atoms with E-state index in [1.54, 1.807) is 0 Å². The van der Waals surface area contributed by atoms with Crippen LogP contribution in [0.1, 0.15) is 69.1 Å². The zero-order valence-electron chi connectivity index (χ0n) is 29.3. The van der Waals surface area contributed by atoms with E-state index in [4.69, 9.17) is 4.74 Å². The first kappa shape index (κ1) is 32.5. The zero-order valence-corrected chi connectivity index (χ0v) is 29.3. The summed E-state index contributed by atoms with van der Waals surface area (Å²) >= 11 is 0. The number of hydrogen-bond acceptors (Lipinski definition) is 1. The van der Waals surface area contributed by atoms with Crippen molar-refractivity contribution in [1.82, 2.24) is 4.57 Å². The second kappa shape index (κ2) is 14.6. The summed E-state index contributed by atoms with van der Waals surface area (Å²) < 4.78 is 8.57. The molecule has 2 heteroatoms. The van der Waals surface area contributed by atoms with Gasteiger partial charge in [-0.05, 0) is 112 Å². The molecule has 0 bridgehead atoms. The van der Waals surface area contributed by atoms with Crippen LogP contribution in [-0.4, -0.2) is 11.2 Å². The van der Waals surface area contributed by atoms with Gasteiger partial charge < -0.3 is 9.30 Å². The molecule has 1 aliphatic rings. The minimum atomic E-state index is 0.755. The predicted octanol–water partition coefficient (Wildman–Crippen LogP) is 12.2. The number of ether oxygens (including phenoxy) is 1. The SMILES string of the molecule is C=C(/C=C/C1=C(c2ccc(OCCCC)cc2)C(=C/C=c2\c3cccc4cccc(c43)n2CCCC)/CC1)c1cccc2cccc(C)c12. The number of unbranched alkanes of at least 4 members (excludes halogenated alkanes) is 2. The quantitative estimate of drug-likeness (QED) is 0.0958. The fourth-order valence-corrected chi connectivity index (χ4v) is 7.52. The summed E-state index contributed by atoms with van der Waals surface area (Å²) in [6.45, 7) is 13.0. The predicted molar refractivity (Wildman–Crippen MR) is 212 cm³/mol. The van der Waals surface area contributed by atoms with E-state index in [9.17, 15) is 0 Å². The fraction of sp³-hybridized carbons (Fsp3) is 0.234. The molecule has 246 valence electrons. The highest BCUT2D eigenvalue weighted by Gasteiger charge is 2.20. The lowest BCUT2D eigenvalue weighted by Gasteiger charge is -2.11. The lowest BCUT2D eigenvalue weighted by atomic mass is 9.94. The Bertz CT molecular complexity index is 2280. The molecule has 0 fully saturated rings. The molecule has 0 atom stereocenters. The Labute approximate surface area is 291 Å². The molecule has 7 rings (SSSR count). The highest BCUT2D eigenvalue weighted by Crippen LogP contribution is 2.40. The molecule has 0 aliphatic heterocycles. The van der Waals surface area contributed by atoms with Gasteiger partial charge in [0.1, 0.15) is 5.75 Å². The Morgan fingerprint density at radius 3 is 2.27 bits per heavy atom. The summed E-state index contributed by atoms with van der Waals surface area (Å²) in [6, 6.07) is 35.2. The van der Waals surface area contributed by atoms with Crippen LogP contribution in [-0.2, 0) is 6.54 Å². The molecule has 0 spiro atoms. The van der Waals surface area contributed by atoms with E-state index in [0.29, 0.717) is 0 Å². The third-order valence-corrected chi connectivity index (χ3v) is 10.1. The largest absolute Gasteiger partial charge is 0.494 e. The average Bonchev–Trinajstić information content (AvgIpc) is 3.68.